The first-order chi connectivity index (χ1) is 20.3. The number of hydrogen-bond donors (Lipinski definition) is 0. The van der Waals surface area contributed by atoms with Gasteiger partial charge in [0, 0.05) is 50.7 Å². The van der Waals surface area contributed by atoms with E-state index in [1.807, 2.05) is 30.3 Å². The monoisotopic (exact) mass is 548 g/mol. The molecular weight excluding hydrogens is 532 g/mol. The third kappa shape index (κ3) is 3.06. The van der Waals surface area contributed by atoms with Gasteiger partial charge in [0.1, 0.15) is 0 Å². The van der Waals surface area contributed by atoms with E-state index in [2.05, 4.69) is 0 Å². The maximum absolute atomic E-state index is 13.5. The Morgan fingerprint density at radius 3 is 1.86 bits per heavy atom. The van der Waals surface area contributed by atoms with Crippen molar-refractivity contribution < 1.29 is 19.4 Å². The lowest BCUT2D eigenvalue weighted by molar-refractivity contribution is -0.384. The molecule has 0 unspecified atom stereocenters. The van der Waals surface area contributed by atoms with Crippen LogP contribution in [0, 0.1) is 20.2 Å². The van der Waals surface area contributed by atoms with Crippen LogP contribution >= 0.6 is 0 Å². The van der Waals surface area contributed by atoms with Crippen LogP contribution in [0.25, 0.3) is 54.9 Å². The average Bonchev–Trinajstić information content (AvgIpc) is 3.01. The van der Waals surface area contributed by atoms with Gasteiger partial charge < -0.3 is 0 Å². The molecule has 0 bridgehead atoms. The van der Waals surface area contributed by atoms with Crippen molar-refractivity contribution in [2.45, 2.75) is 0 Å². The normalized spacial score (nSPS) is 12.8. The molecule has 0 saturated carbocycles. The lowest BCUT2D eigenvalue weighted by Crippen LogP contribution is -2.11. The molecule has 0 N–H and O–H groups in total. The van der Waals surface area contributed by atoms with Crippen LogP contribution in [0.15, 0.2) is 97.1 Å². The van der Waals surface area contributed by atoms with Crippen LogP contribution in [0.2, 0.25) is 0 Å². The third-order valence-corrected chi connectivity index (χ3v) is 8.30. The number of rotatable bonds is 3. The Labute approximate surface area is 236 Å². The number of hydrogen-bond acceptors (Lipinski definition) is 6. The number of non-ortho nitro benzene ring substituents is 1. The van der Waals surface area contributed by atoms with Crippen LogP contribution in [-0.2, 0) is 0 Å². The molecule has 0 atom stereocenters. The highest BCUT2D eigenvalue weighted by molar-refractivity contribution is 6.29. The van der Waals surface area contributed by atoms with Crippen LogP contribution in [0.3, 0.4) is 0 Å². The van der Waals surface area contributed by atoms with Crippen molar-refractivity contribution in [3.63, 3.8) is 0 Å². The van der Waals surface area contributed by atoms with Gasteiger partial charge >= 0.3 is 0 Å². The summed E-state index contributed by atoms with van der Waals surface area (Å²) < 4.78 is 0. The minimum Gasteiger partial charge on any atom is -0.289 e. The van der Waals surface area contributed by atoms with E-state index in [-0.39, 0.29) is 28.3 Å². The summed E-state index contributed by atoms with van der Waals surface area (Å²) in [5, 5.41) is 26.6. The van der Waals surface area contributed by atoms with E-state index >= 15 is 0 Å². The Morgan fingerprint density at radius 1 is 0.476 bits per heavy atom. The van der Waals surface area contributed by atoms with Gasteiger partial charge in [-0.25, -0.2) is 0 Å². The van der Waals surface area contributed by atoms with E-state index < -0.39 is 9.85 Å². The van der Waals surface area contributed by atoms with Crippen LogP contribution in [0.5, 0.6) is 0 Å². The smallest absolute Gasteiger partial charge is 0.285 e. The topological polar surface area (TPSA) is 120 Å². The molecular formula is C34H16N2O6. The minimum absolute atomic E-state index is 0.0760. The maximum Gasteiger partial charge on any atom is 0.285 e. The molecule has 6 aromatic rings. The zero-order valence-electron chi connectivity index (χ0n) is 21.6. The molecule has 0 aliphatic heterocycles. The fraction of sp³-hybridized carbons (Fsp3) is 0. The summed E-state index contributed by atoms with van der Waals surface area (Å²) in [7, 11) is 0. The van der Waals surface area contributed by atoms with Crippen molar-refractivity contribution in [3.8, 4) is 33.4 Å². The first-order valence-corrected chi connectivity index (χ1v) is 13.1. The van der Waals surface area contributed by atoms with Crippen molar-refractivity contribution in [1.82, 2.24) is 0 Å². The van der Waals surface area contributed by atoms with Crippen molar-refractivity contribution in [1.29, 1.82) is 0 Å². The van der Waals surface area contributed by atoms with Gasteiger partial charge in [0.2, 0.25) is 0 Å². The molecule has 0 aromatic heterocycles. The molecule has 8 nitrogen and oxygen atoms in total. The summed E-state index contributed by atoms with van der Waals surface area (Å²) in [5.41, 5.74) is 4.65. The Balaban J connectivity index is 1.51. The molecule has 2 aliphatic rings. The van der Waals surface area contributed by atoms with Crippen molar-refractivity contribution in [3.05, 3.63) is 140 Å². The third-order valence-electron chi connectivity index (χ3n) is 8.30. The molecule has 0 saturated heterocycles. The lowest BCUT2D eigenvalue weighted by Gasteiger charge is -2.23. The zero-order chi connectivity index (χ0) is 28.9. The molecule has 0 radical (unpaired) electrons. The SMILES string of the molecule is O=C1c2ccccc2-c2cc(-c3cc4c5c(cccc5c3[N+](=O)[O-])C(=O)c3ccc([N+](=O)[O-])cc3-4)cc3cccc1c23. The Morgan fingerprint density at radius 2 is 1.12 bits per heavy atom. The molecule has 8 rings (SSSR count). The fourth-order valence-electron chi connectivity index (χ4n) is 6.55. The predicted octanol–water partition coefficient (Wildman–Crippen LogP) is 7.90. The summed E-state index contributed by atoms with van der Waals surface area (Å²) in [4.78, 5) is 50.2. The highest BCUT2D eigenvalue weighted by atomic mass is 16.6. The number of ketones is 2. The molecule has 8 heteroatoms. The van der Waals surface area contributed by atoms with E-state index in [1.165, 1.54) is 18.2 Å². The van der Waals surface area contributed by atoms with Gasteiger partial charge in [-0.15, -0.1) is 0 Å². The number of nitro groups is 2. The van der Waals surface area contributed by atoms with E-state index in [4.69, 9.17) is 0 Å². The predicted molar refractivity (Wildman–Crippen MR) is 158 cm³/mol. The van der Waals surface area contributed by atoms with Gasteiger partial charge in [0.25, 0.3) is 11.4 Å². The quantitative estimate of drug-likeness (QED) is 0.163. The van der Waals surface area contributed by atoms with Gasteiger partial charge in [-0.1, -0.05) is 54.6 Å². The first-order valence-electron chi connectivity index (χ1n) is 13.1. The Hall–Kier alpha value is -6.02. The van der Waals surface area contributed by atoms with E-state index in [1.54, 1.807) is 48.5 Å². The van der Waals surface area contributed by atoms with Crippen LogP contribution in [-0.4, -0.2) is 21.4 Å². The largest absolute Gasteiger partial charge is 0.289 e. The number of nitro benzene ring substituents is 2. The fourth-order valence-corrected chi connectivity index (χ4v) is 6.55. The lowest BCUT2D eigenvalue weighted by atomic mass is 9.79. The number of fused-ring (bicyclic) bond motifs is 4. The molecule has 2 aliphatic carbocycles. The van der Waals surface area contributed by atoms with Gasteiger partial charge in [0.05, 0.1) is 20.8 Å². The Kier molecular flexibility index (Phi) is 4.68. The molecule has 42 heavy (non-hydrogen) atoms. The number of carbonyl (C=O) groups is 2. The second-order valence-electron chi connectivity index (χ2n) is 10.4. The highest BCUT2D eigenvalue weighted by Gasteiger charge is 2.33. The van der Waals surface area contributed by atoms with E-state index in [9.17, 15) is 29.8 Å². The van der Waals surface area contributed by atoms with Crippen LogP contribution in [0.4, 0.5) is 11.4 Å². The van der Waals surface area contributed by atoms with E-state index in [0.717, 1.165) is 21.9 Å². The molecule has 0 fully saturated rings. The molecule has 0 heterocycles. The van der Waals surface area contributed by atoms with E-state index in [0.29, 0.717) is 49.9 Å². The first kappa shape index (κ1) is 23.8. The number of nitrogens with zero attached hydrogens (tertiary/aromatic N) is 2. The van der Waals surface area contributed by atoms with Gasteiger partial charge in [0.15, 0.2) is 11.6 Å². The second kappa shape index (κ2) is 8.25. The van der Waals surface area contributed by atoms with Gasteiger partial charge in [-0.05, 0) is 58.0 Å². The van der Waals surface area contributed by atoms with Gasteiger partial charge in [-0.3, -0.25) is 29.8 Å². The summed E-state index contributed by atoms with van der Waals surface area (Å²) >= 11 is 0. The summed E-state index contributed by atoms with van der Waals surface area (Å²) in [5.74, 6) is -0.419. The van der Waals surface area contributed by atoms with Crippen molar-refractivity contribution in [2.75, 3.05) is 0 Å². The number of carbonyl (C=O) groups excluding carboxylic acids is 2. The number of benzene rings is 6. The van der Waals surface area contributed by atoms with Crippen LogP contribution < -0.4 is 0 Å². The molecule has 198 valence electrons. The molecule has 0 spiro atoms. The Bertz CT molecular complexity index is 2300. The highest BCUT2D eigenvalue weighted by Crippen LogP contribution is 2.49. The van der Waals surface area contributed by atoms with Gasteiger partial charge in [-0.2, -0.15) is 0 Å². The molecule has 0 amide bonds. The summed E-state index contributed by atoms with van der Waals surface area (Å²) in [6, 6.07) is 27.0. The molecule has 6 aromatic carbocycles. The standard InChI is InChI=1S/C34H16N2O6/c37-33-21-7-2-1-6-20(21)28-14-18(13-17-5-3-9-24(33)30(17)28)26-16-29-27-15-19(35(39)40)11-12-22(27)34(38)25-10-4-8-23(31(25)29)32(26)36(41)42/h1-16H. The summed E-state index contributed by atoms with van der Waals surface area (Å²) in [6.07, 6.45) is 0. The van der Waals surface area contributed by atoms with Crippen molar-refractivity contribution >= 4 is 44.5 Å². The van der Waals surface area contributed by atoms with Crippen molar-refractivity contribution in [2.24, 2.45) is 0 Å². The van der Waals surface area contributed by atoms with Crippen LogP contribution in [0.1, 0.15) is 31.8 Å². The average molecular weight is 549 g/mol. The summed E-state index contributed by atoms with van der Waals surface area (Å²) in [6.45, 7) is 0. The minimum atomic E-state index is -0.529. The second-order valence-corrected chi connectivity index (χ2v) is 10.4. The maximum atomic E-state index is 13.5. The zero-order valence-corrected chi connectivity index (χ0v) is 21.6.